The summed E-state index contributed by atoms with van der Waals surface area (Å²) in [4.78, 5) is 15.0. The lowest BCUT2D eigenvalue weighted by molar-refractivity contribution is -0.138. The Hall–Kier alpha value is -1.51. The van der Waals surface area contributed by atoms with Crippen LogP contribution in [0.5, 0.6) is 0 Å². The number of para-hydroxylation sites is 1. The van der Waals surface area contributed by atoms with Crippen molar-refractivity contribution in [3.63, 3.8) is 0 Å². The van der Waals surface area contributed by atoms with E-state index in [1.54, 1.807) is 0 Å². The molecule has 0 radical (unpaired) electrons. The van der Waals surface area contributed by atoms with Gasteiger partial charge in [0.25, 0.3) is 0 Å². The number of nitrogens with zero attached hydrogens (tertiary/aromatic N) is 1. The summed E-state index contributed by atoms with van der Waals surface area (Å²) in [6.45, 7) is 11.5. The molecule has 1 N–H and O–H groups in total. The molecule has 116 valence electrons. The number of carbonyl (C=O) groups is 1. The van der Waals surface area contributed by atoms with E-state index in [1.165, 1.54) is 11.3 Å². The van der Waals surface area contributed by atoms with Gasteiger partial charge in [-0.2, -0.15) is 0 Å². The average molecular weight is 288 g/mol. The molecule has 1 aliphatic rings. The zero-order valence-corrected chi connectivity index (χ0v) is 13.9. The predicted molar refractivity (Wildman–Crippen MR) is 88.4 cm³/mol. The fourth-order valence-electron chi connectivity index (χ4n) is 3.06. The minimum atomic E-state index is 0.0288. The third-order valence-corrected chi connectivity index (χ3v) is 4.23. The molecule has 0 fully saturated rings. The molecule has 2 atom stereocenters. The lowest BCUT2D eigenvalue weighted by atomic mass is 9.86. The van der Waals surface area contributed by atoms with Crippen LogP contribution in [-0.4, -0.2) is 29.4 Å². The normalized spacial score (nSPS) is 21.1. The zero-order valence-electron chi connectivity index (χ0n) is 13.9. The maximum atomic E-state index is 13.0. The second-order valence-electron chi connectivity index (χ2n) is 6.88. The molecule has 0 saturated heterocycles. The van der Waals surface area contributed by atoms with Crippen molar-refractivity contribution in [2.24, 2.45) is 11.8 Å². The molecule has 0 bridgehead atoms. The Kier molecular flexibility index (Phi) is 4.92. The fourth-order valence-corrected chi connectivity index (χ4v) is 3.06. The summed E-state index contributed by atoms with van der Waals surface area (Å²) in [6, 6.07) is 8.74. The van der Waals surface area contributed by atoms with Crippen LogP contribution in [0.4, 0.5) is 5.69 Å². The molecule has 3 heteroatoms. The van der Waals surface area contributed by atoms with Crippen molar-refractivity contribution in [1.82, 2.24) is 4.90 Å². The Balaban J connectivity index is 2.18. The summed E-state index contributed by atoms with van der Waals surface area (Å²) in [5.74, 6) is 0.810. The molecule has 1 aromatic rings. The SMILES string of the molecule is CC(C)CN(C(=O)C1Cc2ccccc2NC1C)C(C)C. The van der Waals surface area contributed by atoms with Gasteiger partial charge < -0.3 is 10.2 Å². The van der Waals surface area contributed by atoms with E-state index < -0.39 is 0 Å². The number of anilines is 1. The summed E-state index contributed by atoms with van der Waals surface area (Å²) in [5.41, 5.74) is 2.43. The average Bonchev–Trinajstić information content (AvgIpc) is 2.42. The molecule has 21 heavy (non-hydrogen) atoms. The van der Waals surface area contributed by atoms with Gasteiger partial charge in [0.2, 0.25) is 5.91 Å². The Morgan fingerprint density at radius 3 is 2.57 bits per heavy atom. The summed E-state index contributed by atoms with van der Waals surface area (Å²) >= 11 is 0. The largest absolute Gasteiger partial charge is 0.382 e. The van der Waals surface area contributed by atoms with Crippen LogP contribution in [0, 0.1) is 11.8 Å². The van der Waals surface area contributed by atoms with Crippen LogP contribution in [0.3, 0.4) is 0 Å². The molecule has 2 unspecified atom stereocenters. The van der Waals surface area contributed by atoms with Gasteiger partial charge in [-0.15, -0.1) is 0 Å². The van der Waals surface area contributed by atoms with Gasteiger partial charge in [-0.05, 0) is 44.7 Å². The molecular weight excluding hydrogens is 260 g/mol. The molecule has 0 saturated carbocycles. The van der Waals surface area contributed by atoms with E-state index in [1.807, 2.05) is 17.0 Å². The Bertz CT molecular complexity index is 496. The topological polar surface area (TPSA) is 32.3 Å². The fraction of sp³-hybridized carbons (Fsp3) is 0.611. The second-order valence-corrected chi connectivity index (χ2v) is 6.88. The standard InChI is InChI=1S/C18H28N2O/c1-12(2)11-20(13(3)4)18(21)16-10-15-8-6-7-9-17(15)19-14(16)5/h6-9,12-14,16,19H,10-11H2,1-5H3. The molecule has 1 heterocycles. The van der Waals surface area contributed by atoms with E-state index in [9.17, 15) is 4.79 Å². The van der Waals surface area contributed by atoms with Gasteiger partial charge in [-0.3, -0.25) is 4.79 Å². The minimum absolute atomic E-state index is 0.0288. The zero-order chi connectivity index (χ0) is 15.6. The Labute approximate surface area is 128 Å². The van der Waals surface area contributed by atoms with Gasteiger partial charge >= 0.3 is 0 Å². The molecule has 0 aliphatic carbocycles. The summed E-state index contributed by atoms with van der Waals surface area (Å²) < 4.78 is 0. The van der Waals surface area contributed by atoms with Gasteiger partial charge in [0, 0.05) is 24.3 Å². The van der Waals surface area contributed by atoms with Crippen LogP contribution in [0.15, 0.2) is 24.3 Å². The van der Waals surface area contributed by atoms with Crippen LogP contribution in [0.1, 0.15) is 40.2 Å². The lowest BCUT2D eigenvalue weighted by Gasteiger charge is -2.37. The van der Waals surface area contributed by atoms with Gasteiger partial charge in [0.05, 0.1) is 5.92 Å². The van der Waals surface area contributed by atoms with Crippen LogP contribution >= 0.6 is 0 Å². The summed E-state index contributed by atoms with van der Waals surface area (Å²) in [7, 11) is 0. The molecule has 1 aliphatic heterocycles. The molecule has 1 aromatic carbocycles. The number of fused-ring (bicyclic) bond motifs is 1. The maximum Gasteiger partial charge on any atom is 0.228 e. The Morgan fingerprint density at radius 2 is 1.95 bits per heavy atom. The number of rotatable bonds is 4. The van der Waals surface area contributed by atoms with Crippen molar-refractivity contribution < 1.29 is 4.79 Å². The van der Waals surface area contributed by atoms with E-state index in [2.05, 4.69) is 52.1 Å². The Morgan fingerprint density at radius 1 is 1.29 bits per heavy atom. The lowest BCUT2D eigenvalue weighted by Crippen LogP contribution is -2.49. The first kappa shape index (κ1) is 15.9. The van der Waals surface area contributed by atoms with Crippen LogP contribution in [0.2, 0.25) is 0 Å². The first-order valence-electron chi connectivity index (χ1n) is 8.05. The van der Waals surface area contributed by atoms with Gasteiger partial charge in [-0.25, -0.2) is 0 Å². The molecule has 0 aromatic heterocycles. The molecule has 1 amide bonds. The quantitative estimate of drug-likeness (QED) is 0.919. The van der Waals surface area contributed by atoms with E-state index in [0.29, 0.717) is 5.92 Å². The number of carbonyl (C=O) groups excluding carboxylic acids is 1. The number of amides is 1. The van der Waals surface area contributed by atoms with Crippen molar-refractivity contribution in [3.8, 4) is 0 Å². The second kappa shape index (κ2) is 6.50. The molecule has 2 rings (SSSR count). The van der Waals surface area contributed by atoms with Gasteiger partial charge in [0.1, 0.15) is 0 Å². The highest BCUT2D eigenvalue weighted by molar-refractivity contribution is 5.82. The molecule has 0 spiro atoms. The number of benzene rings is 1. The third-order valence-electron chi connectivity index (χ3n) is 4.23. The van der Waals surface area contributed by atoms with E-state index in [0.717, 1.165) is 13.0 Å². The summed E-state index contributed by atoms with van der Waals surface area (Å²) in [5, 5.41) is 3.49. The van der Waals surface area contributed by atoms with Crippen molar-refractivity contribution in [2.45, 2.75) is 53.1 Å². The number of nitrogens with one attached hydrogen (secondary N) is 1. The van der Waals surface area contributed by atoms with Crippen molar-refractivity contribution in [1.29, 1.82) is 0 Å². The van der Waals surface area contributed by atoms with Crippen molar-refractivity contribution in [3.05, 3.63) is 29.8 Å². The van der Waals surface area contributed by atoms with Crippen molar-refractivity contribution in [2.75, 3.05) is 11.9 Å². The first-order chi connectivity index (χ1) is 9.90. The van der Waals surface area contributed by atoms with E-state index >= 15 is 0 Å². The summed E-state index contributed by atoms with van der Waals surface area (Å²) in [6.07, 6.45) is 0.838. The third kappa shape index (κ3) is 3.58. The highest BCUT2D eigenvalue weighted by Gasteiger charge is 2.34. The monoisotopic (exact) mass is 288 g/mol. The highest BCUT2D eigenvalue weighted by atomic mass is 16.2. The number of hydrogen-bond acceptors (Lipinski definition) is 2. The predicted octanol–water partition coefficient (Wildman–Crippen LogP) is 3.55. The van der Waals surface area contributed by atoms with Crippen LogP contribution in [-0.2, 0) is 11.2 Å². The van der Waals surface area contributed by atoms with E-state index in [4.69, 9.17) is 0 Å². The minimum Gasteiger partial charge on any atom is -0.382 e. The van der Waals surface area contributed by atoms with Gasteiger partial charge in [0.15, 0.2) is 0 Å². The van der Waals surface area contributed by atoms with Gasteiger partial charge in [-0.1, -0.05) is 32.0 Å². The smallest absolute Gasteiger partial charge is 0.228 e. The molecule has 3 nitrogen and oxygen atoms in total. The van der Waals surface area contributed by atoms with Crippen LogP contribution in [0.25, 0.3) is 0 Å². The van der Waals surface area contributed by atoms with Crippen molar-refractivity contribution >= 4 is 11.6 Å². The van der Waals surface area contributed by atoms with Crippen LogP contribution < -0.4 is 5.32 Å². The van der Waals surface area contributed by atoms with E-state index in [-0.39, 0.29) is 23.9 Å². The maximum absolute atomic E-state index is 13.0. The highest BCUT2D eigenvalue weighted by Crippen LogP contribution is 2.29. The number of hydrogen-bond donors (Lipinski definition) is 1. The molecular formula is C18H28N2O. The first-order valence-corrected chi connectivity index (χ1v) is 8.05.